The minimum atomic E-state index is -0.0903. The zero-order valence-corrected chi connectivity index (χ0v) is 15.6. The molecule has 0 saturated carbocycles. The molecule has 0 atom stereocenters. The van der Waals surface area contributed by atoms with Crippen molar-refractivity contribution >= 4 is 23.2 Å². The number of benzene rings is 2. The van der Waals surface area contributed by atoms with Crippen LogP contribution in [0.5, 0.6) is 0 Å². The monoisotopic (exact) mass is 338 g/mol. The van der Waals surface area contributed by atoms with Gasteiger partial charge in [-0.1, -0.05) is 24.3 Å². The third-order valence-electron chi connectivity index (χ3n) is 4.49. The molecule has 1 N–H and O–H groups in total. The number of hydrogen-bond donors (Lipinski definition) is 1. The summed E-state index contributed by atoms with van der Waals surface area (Å²) in [5, 5.41) is 2.97. The predicted octanol–water partition coefficient (Wildman–Crippen LogP) is 4.30. The first-order valence-corrected chi connectivity index (χ1v) is 8.51. The first-order valence-electron chi connectivity index (χ1n) is 8.51. The largest absolute Gasteiger partial charge is 0.326 e. The fraction of sp³-hybridized carbons (Fsp3) is 0.333. The Balaban J connectivity index is 2.07. The molecule has 2 amide bonds. The minimum absolute atomic E-state index is 0.0666. The molecule has 0 heterocycles. The maximum absolute atomic E-state index is 12.3. The van der Waals surface area contributed by atoms with Crippen molar-refractivity contribution in [3.05, 3.63) is 58.7 Å². The van der Waals surface area contributed by atoms with Crippen molar-refractivity contribution in [3.8, 4) is 0 Å². The Bertz CT molecular complexity index is 776. The van der Waals surface area contributed by atoms with Crippen molar-refractivity contribution in [1.29, 1.82) is 0 Å². The SMILES string of the molecule is CC(=O)N(CCC(=O)Nc1c(C)cccc1C)c1ccc(C)c(C)c1. The summed E-state index contributed by atoms with van der Waals surface area (Å²) in [5.74, 6) is -0.157. The van der Waals surface area contributed by atoms with Crippen LogP contribution >= 0.6 is 0 Å². The van der Waals surface area contributed by atoms with Crippen LogP contribution in [-0.2, 0) is 9.59 Å². The number of nitrogens with one attached hydrogen (secondary N) is 1. The van der Waals surface area contributed by atoms with E-state index in [1.165, 1.54) is 12.5 Å². The zero-order chi connectivity index (χ0) is 18.6. The van der Waals surface area contributed by atoms with Gasteiger partial charge in [0.15, 0.2) is 0 Å². The van der Waals surface area contributed by atoms with E-state index in [1.807, 2.05) is 64.1 Å². The average molecular weight is 338 g/mol. The summed E-state index contributed by atoms with van der Waals surface area (Å²) < 4.78 is 0. The van der Waals surface area contributed by atoms with Gasteiger partial charge < -0.3 is 10.2 Å². The van der Waals surface area contributed by atoms with Crippen molar-refractivity contribution in [2.45, 2.75) is 41.0 Å². The summed E-state index contributed by atoms with van der Waals surface area (Å²) in [6.07, 6.45) is 0.250. The molecule has 4 nitrogen and oxygen atoms in total. The number of anilines is 2. The van der Waals surface area contributed by atoms with Crippen LogP contribution in [0.15, 0.2) is 36.4 Å². The van der Waals surface area contributed by atoms with Crippen LogP contribution in [0.1, 0.15) is 35.6 Å². The molecule has 0 saturated heterocycles. The van der Waals surface area contributed by atoms with Gasteiger partial charge in [0.25, 0.3) is 0 Å². The van der Waals surface area contributed by atoms with Crippen molar-refractivity contribution < 1.29 is 9.59 Å². The molecular weight excluding hydrogens is 312 g/mol. The van der Waals surface area contributed by atoms with Crippen molar-refractivity contribution in [2.24, 2.45) is 0 Å². The van der Waals surface area contributed by atoms with Crippen LogP contribution in [0.4, 0.5) is 11.4 Å². The van der Waals surface area contributed by atoms with Gasteiger partial charge in [0.1, 0.15) is 0 Å². The van der Waals surface area contributed by atoms with E-state index in [2.05, 4.69) is 5.32 Å². The zero-order valence-electron chi connectivity index (χ0n) is 15.6. The van der Waals surface area contributed by atoms with E-state index < -0.39 is 0 Å². The smallest absolute Gasteiger partial charge is 0.226 e. The predicted molar refractivity (Wildman–Crippen MR) is 103 cm³/mol. The Hall–Kier alpha value is -2.62. The lowest BCUT2D eigenvalue weighted by Gasteiger charge is -2.22. The van der Waals surface area contributed by atoms with E-state index in [0.717, 1.165) is 28.1 Å². The summed E-state index contributed by atoms with van der Waals surface area (Å²) >= 11 is 0. The molecular formula is C21H26N2O2. The van der Waals surface area contributed by atoms with Crippen LogP contribution in [0, 0.1) is 27.7 Å². The lowest BCUT2D eigenvalue weighted by Crippen LogP contribution is -2.32. The number of hydrogen-bond acceptors (Lipinski definition) is 2. The van der Waals surface area contributed by atoms with E-state index >= 15 is 0 Å². The van der Waals surface area contributed by atoms with E-state index in [0.29, 0.717) is 6.54 Å². The van der Waals surface area contributed by atoms with Gasteiger partial charge >= 0.3 is 0 Å². The first-order chi connectivity index (χ1) is 11.8. The van der Waals surface area contributed by atoms with E-state index in [9.17, 15) is 9.59 Å². The highest BCUT2D eigenvalue weighted by molar-refractivity contribution is 5.95. The van der Waals surface area contributed by atoms with Gasteiger partial charge in [0.05, 0.1) is 0 Å². The van der Waals surface area contributed by atoms with Gasteiger partial charge in [-0.15, -0.1) is 0 Å². The number of carbonyl (C=O) groups excluding carboxylic acids is 2. The van der Waals surface area contributed by atoms with Gasteiger partial charge in [-0.3, -0.25) is 9.59 Å². The van der Waals surface area contributed by atoms with Crippen molar-refractivity contribution in [1.82, 2.24) is 0 Å². The molecule has 0 bridgehead atoms. The van der Waals surface area contributed by atoms with Crippen LogP contribution in [0.25, 0.3) is 0 Å². The molecule has 0 fully saturated rings. The van der Waals surface area contributed by atoms with E-state index in [-0.39, 0.29) is 18.2 Å². The highest BCUT2D eigenvalue weighted by Gasteiger charge is 2.15. The Morgan fingerprint density at radius 2 is 1.56 bits per heavy atom. The molecule has 25 heavy (non-hydrogen) atoms. The molecule has 2 aromatic carbocycles. The number of amides is 2. The molecule has 0 aliphatic rings. The molecule has 0 aromatic heterocycles. The lowest BCUT2D eigenvalue weighted by molar-refractivity contribution is -0.117. The molecule has 2 rings (SSSR count). The van der Waals surface area contributed by atoms with Gasteiger partial charge in [0, 0.05) is 31.3 Å². The second-order valence-electron chi connectivity index (χ2n) is 6.50. The third kappa shape index (κ3) is 4.69. The normalized spacial score (nSPS) is 10.4. The Kier molecular flexibility index (Phi) is 5.97. The van der Waals surface area contributed by atoms with Gasteiger partial charge in [-0.2, -0.15) is 0 Å². The molecule has 0 unspecified atom stereocenters. The fourth-order valence-electron chi connectivity index (χ4n) is 2.79. The topological polar surface area (TPSA) is 49.4 Å². The summed E-state index contributed by atoms with van der Waals surface area (Å²) in [5.41, 5.74) is 6.06. The summed E-state index contributed by atoms with van der Waals surface area (Å²) in [4.78, 5) is 26.0. The fourth-order valence-corrected chi connectivity index (χ4v) is 2.79. The average Bonchev–Trinajstić information content (AvgIpc) is 2.54. The standard InChI is InChI=1S/C21H26N2O2/c1-14-9-10-19(13-17(14)4)23(18(5)24)12-11-20(25)22-21-15(2)7-6-8-16(21)3/h6-10,13H,11-12H2,1-5H3,(H,22,25). The van der Waals surface area contributed by atoms with Crippen LogP contribution < -0.4 is 10.2 Å². The maximum Gasteiger partial charge on any atom is 0.226 e. The minimum Gasteiger partial charge on any atom is -0.326 e. The second kappa shape index (κ2) is 7.97. The number of aryl methyl sites for hydroxylation is 4. The van der Waals surface area contributed by atoms with Crippen LogP contribution in [0.2, 0.25) is 0 Å². The molecule has 2 aromatic rings. The number of rotatable bonds is 5. The lowest BCUT2D eigenvalue weighted by atomic mass is 10.1. The Morgan fingerprint density at radius 3 is 2.12 bits per heavy atom. The van der Waals surface area contributed by atoms with E-state index in [4.69, 9.17) is 0 Å². The highest BCUT2D eigenvalue weighted by Crippen LogP contribution is 2.21. The summed E-state index contributed by atoms with van der Waals surface area (Å²) in [6.45, 7) is 9.88. The number of para-hydroxylation sites is 1. The quantitative estimate of drug-likeness (QED) is 0.883. The molecule has 0 aliphatic carbocycles. The molecule has 132 valence electrons. The highest BCUT2D eigenvalue weighted by atomic mass is 16.2. The van der Waals surface area contributed by atoms with Crippen molar-refractivity contribution in [2.75, 3.05) is 16.8 Å². The maximum atomic E-state index is 12.3. The van der Waals surface area contributed by atoms with E-state index in [1.54, 1.807) is 4.90 Å². The second-order valence-corrected chi connectivity index (χ2v) is 6.50. The molecule has 0 spiro atoms. The van der Waals surface area contributed by atoms with Crippen LogP contribution in [0.3, 0.4) is 0 Å². The molecule has 4 heteroatoms. The number of nitrogens with zero attached hydrogens (tertiary/aromatic N) is 1. The summed E-state index contributed by atoms with van der Waals surface area (Å²) in [7, 11) is 0. The van der Waals surface area contributed by atoms with Gasteiger partial charge in [0.2, 0.25) is 11.8 Å². The van der Waals surface area contributed by atoms with Gasteiger partial charge in [-0.05, 0) is 62.1 Å². The molecule has 0 aliphatic heterocycles. The Labute approximate surface area is 149 Å². The molecule has 0 radical (unpaired) electrons. The Morgan fingerprint density at radius 1 is 0.920 bits per heavy atom. The van der Waals surface area contributed by atoms with Crippen LogP contribution in [-0.4, -0.2) is 18.4 Å². The third-order valence-corrected chi connectivity index (χ3v) is 4.49. The summed E-state index contributed by atoms with van der Waals surface area (Å²) in [6, 6.07) is 11.8. The number of carbonyl (C=O) groups is 2. The van der Waals surface area contributed by atoms with Crippen molar-refractivity contribution in [3.63, 3.8) is 0 Å². The first kappa shape index (κ1) is 18.7. The van der Waals surface area contributed by atoms with Gasteiger partial charge in [-0.25, -0.2) is 0 Å².